The van der Waals surface area contributed by atoms with E-state index in [1.165, 1.54) is 33.3 Å². The SMILES string of the molecule is CO[C@H]1/C=C\C=C(/C)C(=O)NC2=CC(=O)C=C(C2=O)[C@H](OC)[C@@H](C)C[C@H](O)[C@H](O)[C@@H](C)/C=C(\C)[C@@H]1OC(N)=O. The van der Waals surface area contributed by atoms with Crippen LogP contribution in [0.5, 0.6) is 0 Å². The van der Waals surface area contributed by atoms with Crippen molar-refractivity contribution in [3.8, 4) is 0 Å². The summed E-state index contributed by atoms with van der Waals surface area (Å²) in [4.78, 5) is 50.1. The number of fused-ring (bicyclic) bond motifs is 2. The van der Waals surface area contributed by atoms with Crippen LogP contribution in [0.4, 0.5) is 4.79 Å². The Balaban J connectivity index is 2.58. The highest BCUT2D eigenvalue weighted by atomic mass is 16.6. The number of nitrogens with two attached hydrogens (primary N) is 1. The van der Waals surface area contributed by atoms with E-state index in [0.29, 0.717) is 5.57 Å². The third-order valence-electron chi connectivity index (χ3n) is 6.76. The van der Waals surface area contributed by atoms with E-state index in [1.54, 1.807) is 32.9 Å². The highest BCUT2D eigenvalue weighted by Gasteiger charge is 2.35. The summed E-state index contributed by atoms with van der Waals surface area (Å²) in [6, 6.07) is 0. The number of allylic oxidation sites excluding steroid dienone is 5. The van der Waals surface area contributed by atoms with E-state index < -0.39 is 65.9 Å². The molecule has 7 atom stereocenters. The van der Waals surface area contributed by atoms with Crippen molar-refractivity contribution in [2.75, 3.05) is 14.2 Å². The third kappa shape index (κ3) is 8.30. The van der Waals surface area contributed by atoms with Crippen LogP contribution in [0.25, 0.3) is 0 Å². The van der Waals surface area contributed by atoms with Gasteiger partial charge in [0.05, 0.1) is 24.0 Å². The normalized spacial score (nSPS) is 35.0. The molecule has 0 saturated heterocycles. The van der Waals surface area contributed by atoms with Crippen LogP contribution in [0.2, 0.25) is 0 Å². The summed E-state index contributed by atoms with van der Waals surface area (Å²) in [5, 5.41) is 24.2. The van der Waals surface area contributed by atoms with Crippen LogP contribution in [0.3, 0.4) is 0 Å². The first-order chi connectivity index (χ1) is 18.3. The second kappa shape index (κ2) is 14.1. The van der Waals surface area contributed by atoms with Crippen molar-refractivity contribution in [3.63, 3.8) is 0 Å². The number of carbonyl (C=O) groups is 4. The summed E-state index contributed by atoms with van der Waals surface area (Å²) in [5.74, 6) is -2.80. The van der Waals surface area contributed by atoms with Gasteiger partial charge in [0.15, 0.2) is 11.9 Å². The Morgan fingerprint density at radius 1 is 1.05 bits per heavy atom. The number of aliphatic hydroxyl groups excluding tert-OH is 2. The number of nitrogens with one attached hydrogen (secondary N) is 1. The molecule has 39 heavy (non-hydrogen) atoms. The maximum Gasteiger partial charge on any atom is 0.405 e. The van der Waals surface area contributed by atoms with Crippen molar-refractivity contribution in [2.24, 2.45) is 17.6 Å². The van der Waals surface area contributed by atoms with Gasteiger partial charge in [-0.25, -0.2) is 4.79 Å². The Bertz CT molecular complexity index is 1120. The van der Waals surface area contributed by atoms with Crippen LogP contribution in [-0.4, -0.2) is 78.5 Å². The van der Waals surface area contributed by atoms with Crippen LogP contribution in [0.15, 0.2) is 58.9 Å². The maximum absolute atomic E-state index is 13.2. The minimum atomic E-state index is -1.23. The van der Waals surface area contributed by atoms with Gasteiger partial charge in [0.2, 0.25) is 5.78 Å². The number of hydrogen-bond donors (Lipinski definition) is 4. The van der Waals surface area contributed by atoms with Gasteiger partial charge in [0, 0.05) is 37.4 Å². The van der Waals surface area contributed by atoms with Crippen molar-refractivity contribution in [3.05, 3.63) is 58.9 Å². The number of Topliss-reactive ketones (excluding diaryl/α,β-unsaturated/α-hetero) is 1. The molecule has 0 unspecified atom stereocenters. The molecular formula is C28H38N2O9. The Morgan fingerprint density at radius 3 is 2.31 bits per heavy atom. The molecule has 5 N–H and O–H groups in total. The summed E-state index contributed by atoms with van der Waals surface area (Å²) in [7, 11) is 2.77. The second-order valence-electron chi connectivity index (χ2n) is 9.83. The summed E-state index contributed by atoms with van der Waals surface area (Å²) in [6.45, 7) is 6.59. The van der Waals surface area contributed by atoms with Crippen LogP contribution in [0.1, 0.15) is 34.1 Å². The summed E-state index contributed by atoms with van der Waals surface area (Å²) >= 11 is 0. The van der Waals surface area contributed by atoms with E-state index in [9.17, 15) is 29.4 Å². The quantitative estimate of drug-likeness (QED) is 0.301. The Labute approximate surface area is 228 Å². The van der Waals surface area contributed by atoms with Crippen LogP contribution in [-0.2, 0) is 28.6 Å². The van der Waals surface area contributed by atoms with Crippen molar-refractivity contribution >= 4 is 23.6 Å². The number of primary amides is 1. The summed E-state index contributed by atoms with van der Waals surface area (Å²) in [6.07, 6.45) is 2.21. The monoisotopic (exact) mass is 546 g/mol. The van der Waals surface area contributed by atoms with Gasteiger partial charge in [-0.3, -0.25) is 14.4 Å². The summed E-state index contributed by atoms with van der Waals surface area (Å²) in [5.41, 5.74) is 5.84. The molecule has 1 aliphatic carbocycles. The van der Waals surface area contributed by atoms with E-state index >= 15 is 0 Å². The predicted octanol–water partition coefficient (Wildman–Crippen LogP) is 1.41. The molecule has 0 saturated carbocycles. The van der Waals surface area contributed by atoms with Gasteiger partial charge in [-0.1, -0.05) is 38.2 Å². The van der Waals surface area contributed by atoms with E-state index in [2.05, 4.69) is 5.32 Å². The Hall–Kier alpha value is -3.38. The molecule has 0 radical (unpaired) electrons. The average Bonchev–Trinajstić information content (AvgIpc) is 2.86. The lowest BCUT2D eigenvalue weighted by molar-refractivity contribution is -0.120. The minimum absolute atomic E-state index is 0.0214. The van der Waals surface area contributed by atoms with Gasteiger partial charge in [-0.05, 0) is 37.8 Å². The van der Waals surface area contributed by atoms with Crippen LogP contribution >= 0.6 is 0 Å². The zero-order valence-electron chi connectivity index (χ0n) is 23.0. The molecule has 0 aromatic carbocycles. The van der Waals surface area contributed by atoms with Crippen LogP contribution in [0, 0.1) is 11.8 Å². The van der Waals surface area contributed by atoms with Gasteiger partial charge in [0.25, 0.3) is 5.91 Å². The molecule has 2 bridgehead atoms. The molecule has 2 rings (SSSR count). The minimum Gasteiger partial charge on any atom is -0.439 e. The van der Waals surface area contributed by atoms with Gasteiger partial charge < -0.3 is 35.5 Å². The Morgan fingerprint density at radius 2 is 1.72 bits per heavy atom. The lowest BCUT2D eigenvalue weighted by Gasteiger charge is -2.30. The van der Waals surface area contributed by atoms with E-state index in [1.807, 2.05) is 0 Å². The number of aliphatic hydroxyl groups is 2. The molecule has 0 spiro atoms. The molecular weight excluding hydrogens is 508 g/mol. The molecule has 1 aliphatic heterocycles. The molecule has 1 heterocycles. The number of hydrogen-bond acceptors (Lipinski definition) is 9. The molecule has 0 aromatic heterocycles. The molecule has 11 nitrogen and oxygen atoms in total. The van der Waals surface area contributed by atoms with Gasteiger partial charge in [-0.2, -0.15) is 0 Å². The van der Waals surface area contributed by atoms with E-state index in [0.717, 1.165) is 12.2 Å². The zero-order valence-corrected chi connectivity index (χ0v) is 23.0. The standard InChI is InChI=1S/C28H38N2O9/c1-14-8-7-9-22(37-5)26(39-28(29)36)16(3)10-15(2)23(33)21(32)11-17(4)25(38-6)19-12-18(31)13-20(24(19)34)30-27(14)35/h7-10,12-13,15,17,21-23,25-26,32-33H,11H2,1-6H3,(H2,29,36)(H,30,35)/b9-7-,14-8+,16-10+/t15-,17-,21-,22-,23+,25+,26-/m0/s1. The average molecular weight is 547 g/mol. The number of amides is 2. The second-order valence-corrected chi connectivity index (χ2v) is 9.83. The van der Waals surface area contributed by atoms with Gasteiger partial charge >= 0.3 is 6.09 Å². The van der Waals surface area contributed by atoms with Gasteiger partial charge in [-0.15, -0.1) is 0 Å². The number of carbonyl (C=O) groups excluding carboxylic acids is 4. The molecule has 11 heteroatoms. The zero-order chi connectivity index (χ0) is 29.4. The molecule has 2 aliphatic rings. The first-order valence-corrected chi connectivity index (χ1v) is 12.5. The van der Waals surface area contributed by atoms with Crippen molar-refractivity contribution in [1.29, 1.82) is 0 Å². The van der Waals surface area contributed by atoms with Crippen molar-refractivity contribution < 1.29 is 43.6 Å². The first-order valence-electron chi connectivity index (χ1n) is 12.5. The molecule has 0 fully saturated rings. The number of methoxy groups -OCH3 is 2. The fourth-order valence-electron chi connectivity index (χ4n) is 4.65. The Kier molecular flexibility index (Phi) is 11.5. The highest BCUT2D eigenvalue weighted by Crippen LogP contribution is 2.28. The largest absolute Gasteiger partial charge is 0.439 e. The fraction of sp³-hybridized carbons (Fsp3) is 0.500. The molecule has 214 valence electrons. The molecule has 2 amide bonds. The fourth-order valence-corrected chi connectivity index (χ4v) is 4.65. The van der Waals surface area contributed by atoms with Crippen molar-refractivity contribution in [1.82, 2.24) is 5.32 Å². The third-order valence-corrected chi connectivity index (χ3v) is 6.76. The molecule has 0 aromatic rings. The first kappa shape index (κ1) is 31.8. The van der Waals surface area contributed by atoms with Crippen LogP contribution < -0.4 is 11.1 Å². The topological polar surface area (TPSA) is 174 Å². The lowest BCUT2D eigenvalue weighted by atomic mass is 9.84. The van der Waals surface area contributed by atoms with E-state index in [-0.39, 0.29) is 23.3 Å². The van der Waals surface area contributed by atoms with Crippen molar-refractivity contribution in [2.45, 2.75) is 64.6 Å². The van der Waals surface area contributed by atoms with Gasteiger partial charge in [0.1, 0.15) is 6.10 Å². The number of ketones is 2. The smallest absolute Gasteiger partial charge is 0.405 e. The number of rotatable bonds is 3. The maximum atomic E-state index is 13.2. The lowest BCUT2D eigenvalue weighted by Crippen LogP contribution is -2.39. The van der Waals surface area contributed by atoms with E-state index in [4.69, 9.17) is 19.9 Å². The number of ether oxygens (including phenoxy) is 3. The highest BCUT2D eigenvalue weighted by molar-refractivity contribution is 6.22. The predicted molar refractivity (Wildman–Crippen MR) is 142 cm³/mol. The summed E-state index contributed by atoms with van der Waals surface area (Å²) < 4.78 is 16.3.